The van der Waals surface area contributed by atoms with E-state index in [1.54, 1.807) is 13.0 Å². The largest absolute Gasteiger partial charge is 0.381 e. The summed E-state index contributed by atoms with van der Waals surface area (Å²) in [6.07, 6.45) is 3.79. The van der Waals surface area contributed by atoms with Gasteiger partial charge in [0, 0.05) is 24.7 Å². The zero-order chi connectivity index (χ0) is 27.4. The van der Waals surface area contributed by atoms with Gasteiger partial charge in [-0.1, -0.05) is 6.92 Å². The van der Waals surface area contributed by atoms with E-state index >= 15 is 0 Å². The summed E-state index contributed by atoms with van der Waals surface area (Å²) in [4.78, 5) is 25.4. The highest BCUT2D eigenvalue weighted by atomic mass is 19.1. The number of benzene rings is 1. The summed E-state index contributed by atoms with van der Waals surface area (Å²) in [6, 6.07) is 3.53. The third kappa shape index (κ3) is 5.67. The van der Waals surface area contributed by atoms with Crippen LogP contribution in [-0.4, -0.2) is 47.4 Å². The SMILES string of the molecule is C=NC(=NC1CCOCC1)Nc1c(C)nc(Nc2c(F)cc(C#N)cc2F)n1C1CCC(C)(C(N)=O)CC1. The standard InChI is InChI=1S/C26H32F2N8O2/c1-15-22(35-24(31-3)33-17-6-10-38-11-7-17)36(18-4-8-26(2,9-5-18)23(30)37)25(32-15)34-21-19(27)12-16(14-29)13-20(21)28/h12-13,17-18H,3-11H2,1-2H3,(H2,30,37)(H,32,34)(H,33,35). The second kappa shape index (κ2) is 11.3. The Morgan fingerprint density at radius 1 is 1.26 bits per heavy atom. The van der Waals surface area contributed by atoms with Crippen LogP contribution in [0.15, 0.2) is 22.1 Å². The van der Waals surface area contributed by atoms with Gasteiger partial charge in [0.15, 0.2) is 11.6 Å². The van der Waals surface area contributed by atoms with Crippen molar-refractivity contribution in [1.29, 1.82) is 5.26 Å². The monoisotopic (exact) mass is 526 g/mol. The van der Waals surface area contributed by atoms with Crippen LogP contribution in [0.25, 0.3) is 0 Å². The first-order chi connectivity index (χ1) is 18.1. The highest BCUT2D eigenvalue weighted by Gasteiger charge is 2.38. The van der Waals surface area contributed by atoms with E-state index in [0.29, 0.717) is 56.4 Å². The number of anilines is 3. The van der Waals surface area contributed by atoms with Crippen LogP contribution >= 0.6 is 0 Å². The molecule has 4 rings (SSSR count). The van der Waals surface area contributed by atoms with Crippen molar-refractivity contribution in [3.8, 4) is 6.07 Å². The lowest BCUT2D eigenvalue weighted by molar-refractivity contribution is -0.128. The van der Waals surface area contributed by atoms with Gasteiger partial charge in [0.05, 0.1) is 23.4 Å². The molecule has 2 aliphatic rings. The lowest BCUT2D eigenvalue weighted by atomic mass is 9.73. The second-order valence-electron chi connectivity index (χ2n) is 10.0. The van der Waals surface area contributed by atoms with E-state index in [2.05, 4.69) is 32.3 Å². The number of nitrogens with one attached hydrogen (secondary N) is 2. The summed E-state index contributed by atoms with van der Waals surface area (Å²) in [7, 11) is 0. The fourth-order valence-electron chi connectivity index (χ4n) is 4.96. The van der Waals surface area contributed by atoms with Crippen molar-refractivity contribution in [1.82, 2.24) is 9.55 Å². The third-order valence-corrected chi connectivity index (χ3v) is 7.39. The number of guanidine groups is 1. The minimum atomic E-state index is -0.914. The number of imidazole rings is 1. The maximum Gasteiger partial charge on any atom is 0.223 e. The van der Waals surface area contributed by atoms with Crippen molar-refractivity contribution < 1.29 is 18.3 Å². The van der Waals surface area contributed by atoms with Gasteiger partial charge >= 0.3 is 0 Å². The number of nitrogens with zero attached hydrogens (tertiary/aromatic N) is 5. The number of carbonyl (C=O) groups excluding carboxylic acids is 1. The molecule has 12 heteroatoms. The number of hydrogen-bond donors (Lipinski definition) is 3. The van der Waals surface area contributed by atoms with Crippen molar-refractivity contribution in [3.05, 3.63) is 35.0 Å². The molecule has 0 radical (unpaired) electrons. The molecule has 38 heavy (non-hydrogen) atoms. The number of aliphatic imine (C=N–C) groups is 2. The van der Waals surface area contributed by atoms with Crippen LogP contribution in [0.4, 0.5) is 26.2 Å². The Morgan fingerprint density at radius 2 is 1.89 bits per heavy atom. The zero-order valence-corrected chi connectivity index (χ0v) is 21.6. The van der Waals surface area contributed by atoms with Gasteiger partial charge in [0.25, 0.3) is 0 Å². The summed E-state index contributed by atoms with van der Waals surface area (Å²) in [5.74, 6) is -1.12. The molecular formula is C26H32F2N8O2. The van der Waals surface area contributed by atoms with Gasteiger partial charge < -0.3 is 21.1 Å². The highest BCUT2D eigenvalue weighted by molar-refractivity contribution is 5.96. The quantitative estimate of drug-likeness (QED) is 0.377. The average Bonchev–Trinajstić information content (AvgIpc) is 3.20. The number of primary amides is 1. The molecule has 1 amide bonds. The minimum Gasteiger partial charge on any atom is -0.381 e. The number of halogens is 2. The smallest absolute Gasteiger partial charge is 0.223 e. The molecule has 1 saturated carbocycles. The van der Waals surface area contributed by atoms with E-state index in [-0.39, 0.29) is 29.5 Å². The first kappa shape index (κ1) is 27.2. The van der Waals surface area contributed by atoms with Crippen LogP contribution < -0.4 is 16.4 Å². The highest BCUT2D eigenvalue weighted by Crippen LogP contribution is 2.43. The number of rotatable bonds is 6. The Hall–Kier alpha value is -3.85. The van der Waals surface area contributed by atoms with Crippen LogP contribution in [0.1, 0.15) is 62.7 Å². The zero-order valence-electron chi connectivity index (χ0n) is 21.6. The fraction of sp³-hybridized carbons (Fsp3) is 0.500. The van der Waals surface area contributed by atoms with Gasteiger partial charge in [-0.25, -0.2) is 23.7 Å². The van der Waals surface area contributed by atoms with Crippen molar-refractivity contribution >= 4 is 36.0 Å². The Balaban J connectivity index is 1.72. The average molecular weight is 527 g/mol. The van der Waals surface area contributed by atoms with Crippen LogP contribution in [0.5, 0.6) is 0 Å². The van der Waals surface area contributed by atoms with Gasteiger partial charge in [-0.15, -0.1) is 0 Å². The van der Waals surface area contributed by atoms with Crippen LogP contribution in [0, 0.1) is 35.3 Å². The third-order valence-electron chi connectivity index (χ3n) is 7.39. The maximum atomic E-state index is 14.8. The molecule has 2 heterocycles. The molecule has 1 aromatic heterocycles. The predicted octanol–water partition coefficient (Wildman–Crippen LogP) is 4.34. The first-order valence-corrected chi connectivity index (χ1v) is 12.6. The normalized spacial score (nSPS) is 22.5. The molecule has 0 bridgehead atoms. The number of amides is 1. The van der Waals surface area contributed by atoms with Crippen LogP contribution in [-0.2, 0) is 9.53 Å². The van der Waals surface area contributed by atoms with Gasteiger partial charge in [-0.05, 0) is 64.3 Å². The molecule has 1 aromatic carbocycles. The van der Waals surface area contributed by atoms with E-state index in [1.165, 1.54) is 0 Å². The van der Waals surface area contributed by atoms with E-state index in [0.717, 1.165) is 25.0 Å². The molecule has 1 aliphatic carbocycles. The fourth-order valence-corrected chi connectivity index (χ4v) is 4.96. The summed E-state index contributed by atoms with van der Waals surface area (Å²) in [5, 5.41) is 15.1. The lowest BCUT2D eigenvalue weighted by Crippen LogP contribution is -2.38. The number of nitriles is 1. The molecule has 10 nitrogen and oxygen atoms in total. The Bertz CT molecular complexity index is 1260. The molecular weight excluding hydrogens is 494 g/mol. The first-order valence-electron chi connectivity index (χ1n) is 12.6. The van der Waals surface area contributed by atoms with Crippen molar-refractivity contribution in [3.63, 3.8) is 0 Å². The van der Waals surface area contributed by atoms with Crippen LogP contribution in [0.3, 0.4) is 0 Å². The molecule has 0 atom stereocenters. The topological polar surface area (TPSA) is 143 Å². The van der Waals surface area contributed by atoms with Gasteiger partial charge in [-0.3, -0.25) is 9.36 Å². The van der Waals surface area contributed by atoms with Gasteiger partial charge in [0.1, 0.15) is 11.5 Å². The second-order valence-corrected chi connectivity index (χ2v) is 10.0. The van der Waals surface area contributed by atoms with Gasteiger partial charge in [-0.2, -0.15) is 5.26 Å². The number of nitrogens with two attached hydrogens (primary N) is 1. The number of ether oxygens (including phenoxy) is 1. The molecule has 202 valence electrons. The molecule has 0 unspecified atom stereocenters. The van der Waals surface area contributed by atoms with Crippen molar-refractivity contribution in [2.75, 3.05) is 23.8 Å². The summed E-state index contributed by atoms with van der Waals surface area (Å²) < 4.78 is 36.8. The molecule has 0 spiro atoms. The Kier molecular flexibility index (Phi) is 8.06. The maximum absolute atomic E-state index is 14.8. The Morgan fingerprint density at radius 3 is 2.45 bits per heavy atom. The lowest BCUT2D eigenvalue weighted by Gasteiger charge is -2.36. The van der Waals surface area contributed by atoms with Gasteiger partial charge in [0.2, 0.25) is 17.8 Å². The minimum absolute atomic E-state index is 0.0267. The number of aromatic nitrogens is 2. The van der Waals surface area contributed by atoms with Crippen LogP contribution in [0.2, 0.25) is 0 Å². The number of hydrogen-bond acceptors (Lipinski definition) is 6. The number of aryl methyl sites for hydroxylation is 1. The van der Waals surface area contributed by atoms with E-state index in [9.17, 15) is 13.6 Å². The van der Waals surface area contributed by atoms with E-state index < -0.39 is 22.7 Å². The Labute approximate surface area is 220 Å². The molecule has 1 saturated heterocycles. The summed E-state index contributed by atoms with van der Waals surface area (Å²) in [6.45, 7) is 8.50. The summed E-state index contributed by atoms with van der Waals surface area (Å²) >= 11 is 0. The van der Waals surface area contributed by atoms with E-state index in [1.807, 2.05) is 11.5 Å². The predicted molar refractivity (Wildman–Crippen MR) is 141 cm³/mol. The molecule has 2 fully saturated rings. The molecule has 2 aromatic rings. The van der Waals surface area contributed by atoms with E-state index in [4.69, 9.17) is 15.7 Å². The van der Waals surface area contributed by atoms with Crippen molar-refractivity contribution in [2.24, 2.45) is 21.1 Å². The molecule has 1 aliphatic heterocycles. The van der Waals surface area contributed by atoms with Crippen molar-refractivity contribution in [2.45, 2.75) is 64.5 Å². The summed E-state index contributed by atoms with van der Waals surface area (Å²) in [5.41, 5.74) is 5.02. The number of carbonyl (C=O) groups is 1. The molecule has 4 N–H and O–H groups in total.